The Balaban J connectivity index is 2.97. The molecule has 4 nitrogen and oxygen atoms in total. The Morgan fingerprint density at radius 3 is 2.38 bits per heavy atom. The fourth-order valence-electron chi connectivity index (χ4n) is 2.31. The largest absolute Gasteiger partial charge is 0.496 e. The average molecular weight is 294 g/mol. The van der Waals surface area contributed by atoms with Crippen LogP contribution in [-0.2, 0) is 5.41 Å². The summed E-state index contributed by atoms with van der Waals surface area (Å²) in [6.45, 7) is 7.26. The molecule has 0 spiro atoms. The lowest BCUT2D eigenvalue weighted by Crippen LogP contribution is -2.32. The Bertz CT molecular complexity index is 453. The van der Waals surface area contributed by atoms with Crippen LogP contribution in [0, 0.1) is 0 Å². The van der Waals surface area contributed by atoms with E-state index in [4.69, 9.17) is 10.5 Å². The first kappa shape index (κ1) is 18.0. The van der Waals surface area contributed by atoms with Crippen LogP contribution in [0.3, 0.4) is 0 Å². The topological polar surface area (TPSA) is 58.7 Å². The summed E-state index contributed by atoms with van der Waals surface area (Å²) in [4.78, 5) is 2.07. The number of methoxy groups -OCH3 is 1. The van der Waals surface area contributed by atoms with Crippen LogP contribution in [0.2, 0.25) is 0 Å². The SMILES string of the molecule is COc1ccc(C(O)C(N)CCN(C)C)cc1C(C)(C)C. The lowest BCUT2D eigenvalue weighted by Gasteiger charge is -2.26. The van der Waals surface area contributed by atoms with Crippen molar-refractivity contribution in [2.75, 3.05) is 27.7 Å². The minimum atomic E-state index is -0.656. The van der Waals surface area contributed by atoms with Crippen molar-refractivity contribution in [2.45, 2.75) is 44.8 Å². The number of ether oxygens (including phenoxy) is 1. The van der Waals surface area contributed by atoms with Crippen molar-refractivity contribution in [1.82, 2.24) is 4.90 Å². The van der Waals surface area contributed by atoms with E-state index in [2.05, 4.69) is 25.7 Å². The standard InChI is InChI=1S/C17H30N2O2/c1-17(2,3)13-11-12(7-8-15(13)21-6)16(20)14(18)9-10-19(4)5/h7-8,11,14,16,20H,9-10,18H2,1-6H3. The number of benzene rings is 1. The van der Waals surface area contributed by atoms with Gasteiger partial charge in [0.15, 0.2) is 0 Å². The molecule has 0 radical (unpaired) electrons. The Hall–Kier alpha value is -1.10. The van der Waals surface area contributed by atoms with Crippen LogP contribution in [-0.4, -0.2) is 43.8 Å². The van der Waals surface area contributed by atoms with Gasteiger partial charge in [-0.05, 0) is 55.7 Å². The predicted molar refractivity (Wildman–Crippen MR) is 87.8 cm³/mol. The van der Waals surface area contributed by atoms with Gasteiger partial charge in [0.1, 0.15) is 5.75 Å². The molecule has 0 aromatic heterocycles. The molecule has 0 saturated carbocycles. The molecule has 0 aliphatic carbocycles. The van der Waals surface area contributed by atoms with Crippen molar-refractivity contribution in [3.8, 4) is 5.75 Å². The van der Waals surface area contributed by atoms with Crippen molar-refractivity contribution in [1.29, 1.82) is 0 Å². The summed E-state index contributed by atoms with van der Waals surface area (Å²) in [6, 6.07) is 5.55. The fourth-order valence-corrected chi connectivity index (χ4v) is 2.31. The zero-order chi connectivity index (χ0) is 16.2. The number of hydrogen-bond acceptors (Lipinski definition) is 4. The highest BCUT2D eigenvalue weighted by Crippen LogP contribution is 2.34. The molecular weight excluding hydrogens is 264 g/mol. The molecule has 3 N–H and O–H groups in total. The Morgan fingerprint density at radius 2 is 1.90 bits per heavy atom. The zero-order valence-electron chi connectivity index (χ0n) is 14.2. The minimum absolute atomic E-state index is 0.0468. The summed E-state index contributed by atoms with van der Waals surface area (Å²) in [5.41, 5.74) is 8.01. The van der Waals surface area contributed by atoms with Crippen LogP contribution in [0.15, 0.2) is 18.2 Å². The number of aliphatic hydroxyl groups excluding tert-OH is 1. The van der Waals surface area contributed by atoms with E-state index in [1.54, 1.807) is 7.11 Å². The van der Waals surface area contributed by atoms with E-state index in [0.717, 1.165) is 29.8 Å². The fraction of sp³-hybridized carbons (Fsp3) is 0.647. The lowest BCUT2D eigenvalue weighted by atomic mass is 9.84. The smallest absolute Gasteiger partial charge is 0.122 e. The van der Waals surface area contributed by atoms with Crippen LogP contribution < -0.4 is 10.5 Å². The van der Waals surface area contributed by atoms with Crippen molar-refractivity contribution in [2.24, 2.45) is 5.73 Å². The number of nitrogens with zero attached hydrogens (tertiary/aromatic N) is 1. The first-order valence-corrected chi connectivity index (χ1v) is 7.43. The third-order valence-electron chi connectivity index (χ3n) is 3.69. The molecule has 21 heavy (non-hydrogen) atoms. The quantitative estimate of drug-likeness (QED) is 0.845. The summed E-state index contributed by atoms with van der Waals surface area (Å²) in [7, 11) is 5.68. The molecule has 0 saturated heterocycles. The Kier molecular flexibility index (Phi) is 6.20. The third kappa shape index (κ3) is 4.99. The molecule has 120 valence electrons. The molecule has 0 bridgehead atoms. The summed E-state index contributed by atoms with van der Waals surface area (Å²) in [5.74, 6) is 0.848. The highest BCUT2D eigenvalue weighted by Gasteiger charge is 2.23. The molecule has 1 rings (SSSR count). The molecule has 2 unspecified atom stereocenters. The van der Waals surface area contributed by atoms with Crippen molar-refractivity contribution in [3.05, 3.63) is 29.3 Å². The van der Waals surface area contributed by atoms with Gasteiger partial charge in [0, 0.05) is 6.04 Å². The van der Waals surface area contributed by atoms with E-state index in [9.17, 15) is 5.11 Å². The van der Waals surface area contributed by atoms with Gasteiger partial charge in [-0.25, -0.2) is 0 Å². The maximum atomic E-state index is 10.5. The van der Waals surface area contributed by atoms with Gasteiger partial charge in [-0.1, -0.05) is 26.8 Å². The van der Waals surface area contributed by atoms with Crippen molar-refractivity contribution < 1.29 is 9.84 Å². The number of nitrogens with two attached hydrogens (primary N) is 1. The van der Waals surface area contributed by atoms with E-state index in [1.807, 2.05) is 32.3 Å². The van der Waals surface area contributed by atoms with Crippen molar-refractivity contribution in [3.63, 3.8) is 0 Å². The number of hydrogen-bond donors (Lipinski definition) is 2. The summed E-state index contributed by atoms with van der Waals surface area (Å²) < 4.78 is 5.43. The first-order valence-electron chi connectivity index (χ1n) is 7.43. The normalized spacial score (nSPS) is 15.1. The second-order valence-corrected chi connectivity index (χ2v) is 6.91. The van der Waals surface area contributed by atoms with Crippen LogP contribution in [0.4, 0.5) is 0 Å². The maximum absolute atomic E-state index is 10.5. The average Bonchev–Trinajstić information content (AvgIpc) is 2.42. The maximum Gasteiger partial charge on any atom is 0.122 e. The molecule has 4 heteroatoms. The second kappa shape index (κ2) is 7.25. The molecule has 0 aliphatic heterocycles. The Labute approximate surface area is 128 Å². The highest BCUT2D eigenvalue weighted by molar-refractivity contribution is 5.42. The summed E-state index contributed by atoms with van der Waals surface area (Å²) in [5, 5.41) is 10.5. The van der Waals surface area contributed by atoms with Gasteiger partial charge in [0.05, 0.1) is 13.2 Å². The van der Waals surface area contributed by atoms with Gasteiger partial charge in [0.25, 0.3) is 0 Å². The lowest BCUT2D eigenvalue weighted by molar-refractivity contribution is 0.137. The third-order valence-corrected chi connectivity index (χ3v) is 3.69. The predicted octanol–water partition coefficient (Wildman–Crippen LogP) is 2.31. The van der Waals surface area contributed by atoms with Crippen LogP contribution in [0.5, 0.6) is 5.75 Å². The molecule has 0 aliphatic rings. The zero-order valence-corrected chi connectivity index (χ0v) is 14.2. The second-order valence-electron chi connectivity index (χ2n) is 6.91. The molecule has 2 atom stereocenters. The van der Waals surface area contributed by atoms with Gasteiger partial charge in [-0.15, -0.1) is 0 Å². The Morgan fingerprint density at radius 1 is 1.29 bits per heavy atom. The summed E-state index contributed by atoms with van der Waals surface area (Å²) >= 11 is 0. The van der Waals surface area contributed by atoms with E-state index in [-0.39, 0.29) is 11.5 Å². The van der Waals surface area contributed by atoms with E-state index in [1.165, 1.54) is 0 Å². The van der Waals surface area contributed by atoms with Crippen LogP contribution >= 0.6 is 0 Å². The van der Waals surface area contributed by atoms with E-state index in [0.29, 0.717) is 0 Å². The van der Waals surface area contributed by atoms with Gasteiger partial charge in [-0.3, -0.25) is 0 Å². The van der Waals surface area contributed by atoms with E-state index >= 15 is 0 Å². The molecule has 0 fully saturated rings. The molecule has 1 aromatic rings. The minimum Gasteiger partial charge on any atom is -0.496 e. The van der Waals surface area contributed by atoms with Gasteiger partial charge in [0.2, 0.25) is 0 Å². The van der Waals surface area contributed by atoms with Gasteiger partial charge >= 0.3 is 0 Å². The molecule has 1 aromatic carbocycles. The molecular formula is C17H30N2O2. The monoisotopic (exact) mass is 294 g/mol. The van der Waals surface area contributed by atoms with E-state index < -0.39 is 6.10 Å². The first-order chi connectivity index (χ1) is 9.66. The molecule has 0 amide bonds. The van der Waals surface area contributed by atoms with Gasteiger partial charge < -0.3 is 20.5 Å². The van der Waals surface area contributed by atoms with Crippen LogP contribution in [0.25, 0.3) is 0 Å². The summed E-state index contributed by atoms with van der Waals surface area (Å²) in [6.07, 6.45) is 0.0994. The van der Waals surface area contributed by atoms with Crippen molar-refractivity contribution >= 4 is 0 Å². The number of aliphatic hydroxyl groups is 1. The van der Waals surface area contributed by atoms with Gasteiger partial charge in [-0.2, -0.15) is 0 Å². The van der Waals surface area contributed by atoms with Crippen LogP contribution in [0.1, 0.15) is 44.4 Å². The highest BCUT2D eigenvalue weighted by atomic mass is 16.5. The molecule has 0 heterocycles. The number of rotatable bonds is 6.